The summed E-state index contributed by atoms with van der Waals surface area (Å²) in [6.45, 7) is 0. The monoisotopic (exact) mass is 821 g/mol. The molecule has 8 aromatic rings. The summed E-state index contributed by atoms with van der Waals surface area (Å²) in [6.07, 6.45) is 15.4. The Morgan fingerprint density at radius 1 is 0.438 bits per heavy atom. The van der Waals surface area contributed by atoms with Gasteiger partial charge in [0.15, 0.2) is 23.7 Å². The lowest BCUT2D eigenvalue weighted by atomic mass is 9.78. The minimum Gasteiger partial charge on any atom is -0.478 e. The Morgan fingerprint density at radius 2 is 1.02 bits per heavy atom. The van der Waals surface area contributed by atoms with Crippen molar-refractivity contribution in [2.75, 3.05) is 4.90 Å². The zero-order valence-electron chi connectivity index (χ0n) is 35.1. The van der Waals surface area contributed by atoms with E-state index in [-0.39, 0.29) is 17.6 Å². The summed E-state index contributed by atoms with van der Waals surface area (Å²) < 4.78 is 14.0. The van der Waals surface area contributed by atoms with E-state index in [2.05, 4.69) is 242 Å². The van der Waals surface area contributed by atoms with Gasteiger partial charge in [-0.25, -0.2) is 0 Å². The third kappa shape index (κ3) is 5.74. The maximum absolute atomic E-state index is 7.07. The first kappa shape index (κ1) is 36.7. The van der Waals surface area contributed by atoms with Gasteiger partial charge < -0.3 is 14.4 Å². The molecule has 0 saturated heterocycles. The molecule has 304 valence electrons. The first-order valence-corrected chi connectivity index (χ1v) is 22.4. The molecule has 3 heteroatoms. The third-order valence-electron chi connectivity index (χ3n) is 14.0. The van der Waals surface area contributed by atoms with Crippen LogP contribution in [0.25, 0.3) is 50.1 Å². The number of benzene rings is 8. The van der Waals surface area contributed by atoms with Crippen molar-refractivity contribution in [2.45, 2.75) is 23.5 Å². The fourth-order valence-corrected chi connectivity index (χ4v) is 11.1. The molecular weight excluding hydrogens is 779 g/mol. The van der Waals surface area contributed by atoms with E-state index in [4.69, 9.17) is 9.47 Å². The van der Waals surface area contributed by atoms with E-state index >= 15 is 0 Å². The molecule has 0 amide bonds. The van der Waals surface area contributed by atoms with Crippen molar-refractivity contribution in [3.05, 3.63) is 253 Å². The largest absolute Gasteiger partial charge is 0.478 e. The first-order valence-electron chi connectivity index (χ1n) is 22.4. The summed E-state index contributed by atoms with van der Waals surface area (Å²) in [5.74, 6) is 2.31. The Bertz CT molecular complexity index is 3190. The Kier molecular flexibility index (Phi) is 8.39. The lowest BCUT2D eigenvalue weighted by Crippen LogP contribution is -2.38. The molecule has 1 spiro atoms. The molecule has 0 aromatic heterocycles. The van der Waals surface area contributed by atoms with Gasteiger partial charge in [0.1, 0.15) is 0 Å². The van der Waals surface area contributed by atoms with E-state index in [1.54, 1.807) is 0 Å². The number of para-hydroxylation sites is 2. The van der Waals surface area contributed by atoms with Crippen LogP contribution < -0.4 is 14.4 Å². The molecule has 0 radical (unpaired) electrons. The lowest BCUT2D eigenvalue weighted by molar-refractivity contribution is 0.0760. The van der Waals surface area contributed by atoms with Gasteiger partial charge in [-0.3, -0.25) is 0 Å². The average molecular weight is 822 g/mol. The fourth-order valence-electron chi connectivity index (χ4n) is 11.1. The van der Waals surface area contributed by atoms with E-state index in [1.165, 1.54) is 44.5 Å². The minimum atomic E-state index is -0.297. The topological polar surface area (TPSA) is 21.7 Å². The van der Waals surface area contributed by atoms with E-state index in [0.29, 0.717) is 11.8 Å². The van der Waals surface area contributed by atoms with Crippen LogP contribution in [0.3, 0.4) is 0 Å². The van der Waals surface area contributed by atoms with Gasteiger partial charge in [0, 0.05) is 28.1 Å². The van der Waals surface area contributed by atoms with Crippen LogP contribution in [-0.4, -0.2) is 12.2 Å². The van der Waals surface area contributed by atoms with E-state index in [0.717, 1.165) is 50.8 Å². The molecular formula is C61H43NO2. The fraction of sp³-hybridized carbons (Fsp3) is 0.0820. The zero-order valence-corrected chi connectivity index (χ0v) is 35.1. The molecule has 1 aliphatic heterocycles. The highest BCUT2D eigenvalue weighted by Gasteiger charge is 2.65. The molecule has 4 unspecified atom stereocenters. The normalized spacial score (nSPS) is 21.3. The summed E-state index contributed by atoms with van der Waals surface area (Å²) in [5.41, 5.74) is 17.7. The molecule has 0 N–H and O–H groups in total. The second-order valence-corrected chi connectivity index (χ2v) is 17.5. The van der Waals surface area contributed by atoms with Gasteiger partial charge in [-0.05, 0) is 110 Å². The number of ether oxygens (including phenoxy) is 2. The van der Waals surface area contributed by atoms with Crippen molar-refractivity contribution < 1.29 is 9.47 Å². The molecule has 1 fully saturated rings. The highest BCUT2D eigenvalue weighted by molar-refractivity contribution is 5.95. The molecule has 64 heavy (non-hydrogen) atoms. The molecule has 13 rings (SSSR count). The van der Waals surface area contributed by atoms with Gasteiger partial charge in [0.25, 0.3) is 0 Å². The van der Waals surface area contributed by atoms with Crippen molar-refractivity contribution in [2.24, 2.45) is 5.92 Å². The summed E-state index contributed by atoms with van der Waals surface area (Å²) in [5, 5.41) is 0. The molecule has 1 heterocycles. The highest BCUT2D eigenvalue weighted by Crippen LogP contribution is 2.72. The van der Waals surface area contributed by atoms with Gasteiger partial charge in [-0.2, -0.15) is 0 Å². The quantitative estimate of drug-likeness (QED) is 0.167. The number of hydrogen-bond acceptors (Lipinski definition) is 3. The van der Waals surface area contributed by atoms with Crippen LogP contribution in [0, 0.1) is 5.92 Å². The minimum absolute atomic E-state index is 0.152. The smallest absolute Gasteiger partial charge is 0.162 e. The summed E-state index contributed by atoms with van der Waals surface area (Å²) >= 11 is 0. The second-order valence-electron chi connectivity index (χ2n) is 17.5. The summed E-state index contributed by atoms with van der Waals surface area (Å²) in [4.78, 5) is 2.41. The van der Waals surface area contributed by atoms with Crippen LogP contribution >= 0.6 is 0 Å². The maximum atomic E-state index is 7.07. The van der Waals surface area contributed by atoms with E-state index in [1.807, 2.05) is 0 Å². The van der Waals surface area contributed by atoms with Gasteiger partial charge in [0.05, 0.1) is 11.4 Å². The summed E-state index contributed by atoms with van der Waals surface area (Å²) in [6, 6.07) is 70.1. The zero-order chi connectivity index (χ0) is 42.2. The van der Waals surface area contributed by atoms with Gasteiger partial charge in [-0.1, -0.05) is 188 Å². The van der Waals surface area contributed by atoms with Crippen LogP contribution in [0.15, 0.2) is 237 Å². The number of fused-ring (bicyclic) bond motifs is 9. The number of allylic oxidation sites excluding steroid dienone is 6. The number of anilines is 3. The number of nitrogens with zero attached hydrogens (tertiary/aromatic N) is 1. The Hall–Kier alpha value is -7.88. The molecule has 0 bridgehead atoms. The van der Waals surface area contributed by atoms with E-state index < -0.39 is 0 Å². The predicted octanol–water partition coefficient (Wildman–Crippen LogP) is 15.1. The first-order chi connectivity index (χ1) is 31.7. The van der Waals surface area contributed by atoms with Crippen molar-refractivity contribution in [3.8, 4) is 56.0 Å². The molecule has 8 aromatic carbocycles. The Labute approximate surface area is 374 Å². The second kappa shape index (κ2) is 14.6. The maximum Gasteiger partial charge on any atom is 0.162 e. The van der Waals surface area contributed by atoms with Gasteiger partial charge >= 0.3 is 0 Å². The predicted molar refractivity (Wildman–Crippen MR) is 261 cm³/mol. The van der Waals surface area contributed by atoms with Crippen LogP contribution in [0.2, 0.25) is 0 Å². The van der Waals surface area contributed by atoms with Gasteiger partial charge in [-0.15, -0.1) is 0 Å². The lowest BCUT2D eigenvalue weighted by Gasteiger charge is -2.35. The molecule has 1 saturated carbocycles. The number of hydrogen-bond donors (Lipinski definition) is 0. The number of rotatable bonds is 6. The Morgan fingerprint density at radius 3 is 1.73 bits per heavy atom. The third-order valence-corrected chi connectivity index (χ3v) is 14.0. The van der Waals surface area contributed by atoms with Gasteiger partial charge in [0.2, 0.25) is 0 Å². The van der Waals surface area contributed by atoms with Crippen LogP contribution in [0.1, 0.15) is 22.6 Å². The van der Waals surface area contributed by atoms with Crippen LogP contribution in [0.5, 0.6) is 11.5 Å². The van der Waals surface area contributed by atoms with Crippen molar-refractivity contribution in [3.63, 3.8) is 0 Å². The molecule has 5 atom stereocenters. The van der Waals surface area contributed by atoms with Crippen molar-refractivity contribution >= 4 is 22.6 Å². The Balaban J connectivity index is 0.903. The van der Waals surface area contributed by atoms with Crippen molar-refractivity contribution in [1.82, 2.24) is 0 Å². The highest BCUT2D eigenvalue weighted by atomic mass is 16.6. The molecule has 4 aliphatic carbocycles. The SMILES string of the molecule is C1=C[C@H]2C3c4ccccc4-c4ccccc4-c4cc5c(cc4C32C=C1)OC1C=C(c2cccc(N(c3ccccc3-c3ccccc3)c3ccccc3-c3ccccc3)c2)C=CC1O5. The van der Waals surface area contributed by atoms with Crippen LogP contribution in [0.4, 0.5) is 17.1 Å². The molecule has 3 nitrogen and oxygen atoms in total. The van der Waals surface area contributed by atoms with Crippen LogP contribution in [-0.2, 0) is 5.41 Å². The average Bonchev–Trinajstić information content (AvgIpc) is 4.05. The van der Waals surface area contributed by atoms with E-state index in [9.17, 15) is 0 Å². The van der Waals surface area contributed by atoms with Crippen molar-refractivity contribution in [1.29, 1.82) is 0 Å². The summed E-state index contributed by atoms with van der Waals surface area (Å²) in [7, 11) is 0. The molecule has 5 aliphatic rings. The standard InChI is InChI=1S/C61H43NO2/c1-3-18-40(19-4-1)45-24-11-13-31-54(45)62(55-32-14-12-25-46(55)41-20-5-2-6-21-41)44-23-17-22-42(36-44)43-33-34-56-57(37-43)64-59-39-53-51(38-58(59)63-56)49-28-8-7-26-47(49)48-27-9-10-29-50(48)60-52-30-15-16-35-61(52,53)60/h1-39,52,56-57,60H/t52-,56?,57?,60?,61?/m0/s1.